The molecule has 1 atom stereocenters. The summed E-state index contributed by atoms with van der Waals surface area (Å²) in [6.45, 7) is 4.39. The fraction of sp³-hybridized carbons (Fsp3) is 1.00. The number of hydrogen-bond donors (Lipinski definition) is 1. The Bertz CT molecular complexity index is 155. The van der Waals surface area contributed by atoms with Crippen molar-refractivity contribution in [2.24, 2.45) is 5.92 Å². The second-order valence-corrected chi connectivity index (χ2v) is 5.07. The summed E-state index contributed by atoms with van der Waals surface area (Å²) in [5, 5.41) is 3.74. The Labute approximate surface area is 101 Å². The maximum atomic E-state index is 5.06. The lowest BCUT2D eigenvalue weighted by atomic mass is 9.83. The zero-order valence-electron chi connectivity index (χ0n) is 11.1. The van der Waals surface area contributed by atoms with Crippen molar-refractivity contribution < 1.29 is 4.74 Å². The fourth-order valence-corrected chi connectivity index (χ4v) is 2.84. The number of ether oxygens (including phenoxy) is 1. The molecule has 16 heavy (non-hydrogen) atoms. The third kappa shape index (κ3) is 5.31. The van der Waals surface area contributed by atoms with E-state index in [-0.39, 0.29) is 0 Å². The normalized spacial score (nSPS) is 19.9. The maximum Gasteiger partial charge on any atom is 0.0462 e. The molecule has 0 aliphatic heterocycles. The van der Waals surface area contributed by atoms with Gasteiger partial charge in [-0.25, -0.2) is 0 Å². The number of methoxy groups -OCH3 is 1. The summed E-state index contributed by atoms with van der Waals surface area (Å²) >= 11 is 0. The first kappa shape index (κ1) is 14.0. The van der Waals surface area contributed by atoms with Gasteiger partial charge in [-0.15, -0.1) is 0 Å². The van der Waals surface area contributed by atoms with Gasteiger partial charge >= 0.3 is 0 Å². The zero-order chi connectivity index (χ0) is 11.6. The molecule has 2 nitrogen and oxygen atoms in total. The molecule has 1 unspecified atom stereocenters. The largest absolute Gasteiger partial charge is 0.385 e. The van der Waals surface area contributed by atoms with E-state index in [0.29, 0.717) is 0 Å². The van der Waals surface area contributed by atoms with Gasteiger partial charge in [0.25, 0.3) is 0 Å². The highest BCUT2D eigenvalue weighted by Crippen LogP contribution is 2.27. The van der Waals surface area contributed by atoms with Crippen LogP contribution < -0.4 is 5.32 Å². The van der Waals surface area contributed by atoms with Crippen LogP contribution in [0, 0.1) is 5.92 Å². The number of nitrogens with one attached hydrogen (secondary N) is 1. The van der Waals surface area contributed by atoms with Crippen molar-refractivity contribution in [1.29, 1.82) is 0 Å². The Hall–Kier alpha value is -0.0800. The molecule has 0 radical (unpaired) electrons. The summed E-state index contributed by atoms with van der Waals surface area (Å²) in [5.41, 5.74) is 0. The van der Waals surface area contributed by atoms with Crippen LogP contribution in [0.1, 0.15) is 58.3 Å². The van der Waals surface area contributed by atoms with Crippen LogP contribution in [0.25, 0.3) is 0 Å². The summed E-state index contributed by atoms with van der Waals surface area (Å²) in [4.78, 5) is 0. The van der Waals surface area contributed by atoms with Gasteiger partial charge in [-0.2, -0.15) is 0 Å². The molecule has 1 aliphatic carbocycles. The van der Waals surface area contributed by atoms with Crippen LogP contribution in [0.2, 0.25) is 0 Å². The molecule has 0 spiro atoms. The minimum atomic E-state index is 0.767. The van der Waals surface area contributed by atoms with E-state index in [9.17, 15) is 0 Å². The SMILES string of the molecule is CCC(NCCCCOC)C1CCCCC1. The smallest absolute Gasteiger partial charge is 0.0462 e. The van der Waals surface area contributed by atoms with E-state index >= 15 is 0 Å². The van der Waals surface area contributed by atoms with Gasteiger partial charge in [0.2, 0.25) is 0 Å². The van der Waals surface area contributed by atoms with Crippen LogP contribution in [0.5, 0.6) is 0 Å². The van der Waals surface area contributed by atoms with Crippen LogP contribution in [0.3, 0.4) is 0 Å². The summed E-state index contributed by atoms with van der Waals surface area (Å²) in [6.07, 6.45) is 11.0. The van der Waals surface area contributed by atoms with Crippen molar-refractivity contribution in [3.05, 3.63) is 0 Å². The molecule has 2 heteroatoms. The van der Waals surface area contributed by atoms with Crippen LogP contribution in [-0.4, -0.2) is 26.3 Å². The van der Waals surface area contributed by atoms with Crippen molar-refractivity contribution in [1.82, 2.24) is 5.32 Å². The summed E-state index contributed by atoms with van der Waals surface area (Å²) in [5.74, 6) is 0.946. The van der Waals surface area contributed by atoms with Gasteiger partial charge in [0.05, 0.1) is 0 Å². The second-order valence-electron chi connectivity index (χ2n) is 5.07. The molecule has 1 aliphatic rings. The van der Waals surface area contributed by atoms with Gasteiger partial charge in [0.1, 0.15) is 0 Å². The lowest BCUT2D eigenvalue weighted by molar-refractivity contribution is 0.190. The highest BCUT2D eigenvalue weighted by molar-refractivity contribution is 4.78. The Morgan fingerprint density at radius 1 is 1.19 bits per heavy atom. The predicted octanol–water partition coefficient (Wildman–Crippen LogP) is 3.36. The lowest BCUT2D eigenvalue weighted by Gasteiger charge is -2.30. The minimum Gasteiger partial charge on any atom is -0.385 e. The van der Waals surface area contributed by atoms with E-state index < -0.39 is 0 Å². The number of hydrogen-bond acceptors (Lipinski definition) is 2. The van der Waals surface area contributed by atoms with Crippen molar-refractivity contribution in [2.45, 2.75) is 64.3 Å². The molecule has 1 rings (SSSR count). The highest BCUT2D eigenvalue weighted by atomic mass is 16.5. The molecule has 0 amide bonds. The van der Waals surface area contributed by atoms with E-state index in [1.165, 1.54) is 57.9 Å². The van der Waals surface area contributed by atoms with Gasteiger partial charge in [0, 0.05) is 19.8 Å². The molecule has 0 aromatic heterocycles. The Kier molecular flexibility index (Phi) is 7.87. The van der Waals surface area contributed by atoms with E-state index in [0.717, 1.165) is 18.6 Å². The van der Waals surface area contributed by atoms with Gasteiger partial charge in [0.15, 0.2) is 0 Å². The second kappa shape index (κ2) is 9.00. The average molecular weight is 227 g/mol. The van der Waals surface area contributed by atoms with Gasteiger partial charge < -0.3 is 10.1 Å². The summed E-state index contributed by atoms with van der Waals surface area (Å²) < 4.78 is 5.06. The van der Waals surface area contributed by atoms with Crippen molar-refractivity contribution >= 4 is 0 Å². The van der Waals surface area contributed by atoms with Crippen molar-refractivity contribution in [3.8, 4) is 0 Å². The quantitative estimate of drug-likeness (QED) is 0.642. The van der Waals surface area contributed by atoms with E-state index in [1.54, 1.807) is 7.11 Å². The molecule has 0 aromatic carbocycles. The fourth-order valence-electron chi connectivity index (χ4n) is 2.84. The molecule has 0 heterocycles. The Balaban J connectivity index is 2.10. The average Bonchev–Trinajstić information content (AvgIpc) is 2.35. The highest BCUT2D eigenvalue weighted by Gasteiger charge is 2.21. The molecule has 0 saturated heterocycles. The first-order valence-corrected chi connectivity index (χ1v) is 7.10. The Morgan fingerprint density at radius 2 is 1.94 bits per heavy atom. The molecule has 0 aromatic rings. The summed E-state index contributed by atoms with van der Waals surface area (Å²) in [7, 11) is 1.78. The van der Waals surface area contributed by atoms with Gasteiger partial charge in [-0.05, 0) is 44.6 Å². The van der Waals surface area contributed by atoms with Crippen LogP contribution in [0.4, 0.5) is 0 Å². The number of rotatable bonds is 8. The topological polar surface area (TPSA) is 21.3 Å². The lowest BCUT2D eigenvalue weighted by Crippen LogP contribution is -2.37. The molecule has 1 fully saturated rings. The van der Waals surface area contributed by atoms with Gasteiger partial charge in [-0.3, -0.25) is 0 Å². The maximum absolute atomic E-state index is 5.06. The van der Waals surface area contributed by atoms with Crippen molar-refractivity contribution in [3.63, 3.8) is 0 Å². The van der Waals surface area contributed by atoms with Crippen molar-refractivity contribution in [2.75, 3.05) is 20.3 Å². The summed E-state index contributed by atoms with van der Waals surface area (Å²) in [6, 6.07) is 0.767. The Morgan fingerprint density at radius 3 is 2.56 bits per heavy atom. The van der Waals surface area contributed by atoms with Crippen LogP contribution in [-0.2, 0) is 4.74 Å². The number of unbranched alkanes of at least 4 members (excludes halogenated alkanes) is 1. The molecule has 0 bridgehead atoms. The molecule has 1 saturated carbocycles. The first-order valence-electron chi connectivity index (χ1n) is 7.10. The van der Waals surface area contributed by atoms with Crippen LogP contribution in [0.15, 0.2) is 0 Å². The zero-order valence-corrected chi connectivity index (χ0v) is 11.1. The van der Waals surface area contributed by atoms with E-state index in [4.69, 9.17) is 4.74 Å². The third-order valence-corrected chi connectivity index (χ3v) is 3.84. The van der Waals surface area contributed by atoms with E-state index in [2.05, 4.69) is 12.2 Å². The molecular formula is C14H29NO. The van der Waals surface area contributed by atoms with E-state index in [1.807, 2.05) is 0 Å². The minimum absolute atomic E-state index is 0.767. The molecule has 96 valence electrons. The van der Waals surface area contributed by atoms with Crippen LogP contribution >= 0.6 is 0 Å². The monoisotopic (exact) mass is 227 g/mol. The molecular weight excluding hydrogens is 198 g/mol. The predicted molar refractivity (Wildman–Crippen MR) is 69.8 cm³/mol. The van der Waals surface area contributed by atoms with Gasteiger partial charge in [-0.1, -0.05) is 26.2 Å². The third-order valence-electron chi connectivity index (χ3n) is 3.84. The first-order chi connectivity index (χ1) is 7.88. The standard InChI is InChI=1S/C14H29NO/c1-3-14(13-9-5-4-6-10-13)15-11-7-8-12-16-2/h13-15H,3-12H2,1-2H3. The molecule has 1 N–H and O–H groups in total.